The number of anilines is 1. The zero-order chi connectivity index (χ0) is 20.3. The van der Waals surface area contributed by atoms with Crippen LogP contribution in [0.5, 0.6) is 0 Å². The van der Waals surface area contributed by atoms with E-state index in [4.69, 9.17) is 11.6 Å². The van der Waals surface area contributed by atoms with Crippen LogP contribution in [0.2, 0.25) is 5.02 Å². The summed E-state index contributed by atoms with van der Waals surface area (Å²) in [5, 5.41) is 0.937. The molecule has 0 aliphatic carbocycles. The SMILES string of the molecule is CN(C)CCN(C(=O)CS(=O)(=O)c1ccc(Cl)cc1)c1nc2ccccc2s1.Cl. The maximum Gasteiger partial charge on any atom is 0.244 e. The third-order valence-corrected chi connectivity index (χ3v) is 7.00. The number of aromatic nitrogens is 1. The first-order chi connectivity index (χ1) is 13.3. The highest BCUT2D eigenvalue weighted by Gasteiger charge is 2.26. The highest BCUT2D eigenvalue weighted by atomic mass is 35.5. The topological polar surface area (TPSA) is 70.6 Å². The number of carbonyl (C=O) groups excluding carboxylic acids is 1. The van der Waals surface area contributed by atoms with E-state index in [1.807, 2.05) is 43.3 Å². The molecule has 1 aromatic heterocycles. The second kappa shape index (κ2) is 9.86. The van der Waals surface area contributed by atoms with Crippen LogP contribution in [0.4, 0.5) is 5.13 Å². The van der Waals surface area contributed by atoms with Crippen molar-refractivity contribution in [2.24, 2.45) is 0 Å². The summed E-state index contributed by atoms with van der Waals surface area (Å²) in [6, 6.07) is 13.4. The average Bonchev–Trinajstić information content (AvgIpc) is 3.05. The van der Waals surface area contributed by atoms with Gasteiger partial charge < -0.3 is 4.90 Å². The molecule has 0 fully saturated rings. The van der Waals surface area contributed by atoms with E-state index >= 15 is 0 Å². The van der Waals surface area contributed by atoms with Crippen LogP contribution < -0.4 is 4.90 Å². The number of para-hydroxylation sites is 1. The molecule has 2 aromatic carbocycles. The Balaban J connectivity index is 0.00000300. The summed E-state index contributed by atoms with van der Waals surface area (Å²) in [6.07, 6.45) is 0. The number of sulfone groups is 1. The molecule has 6 nitrogen and oxygen atoms in total. The number of likely N-dealkylation sites (N-methyl/N-ethyl adjacent to an activating group) is 1. The van der Waals surface area contributed by atoms with Crippen molar-refractivity contribution >= 4 is 66.4 Å². The Morgan fingerprint density at radius 3 is 2.34 bits per heavy atom. The maximum atomic E-state index is 13.0. The largest absolute Gasteiger partial charge is 0.308 e. The van der Waals surface area contributed by atoms with Crippen molar-refractivity contribution in [3.05, 3.63) is 53.6 Å². The Labute approximate surface area is 185 Å². The van der Waals surface area contributed by atoms with Crippen LogP contribution in [0.3, 0.4) is 0 Å². The van der Waals surface area contributed by atoms with E-state index in [1.165, 1.54) is 40.5 Å². The Bertz CT molecular complexity index is 1050. The highest BCUT2D eigenvalue weighted by molar-refractivity contribution is 7.92. The number of halogens is 2. The van der Waals surface area contributed by atoms with Crippen LogP contribution in [-0.4, -0.2) is 57.1 Å². The summed E-state index contributed by atoms with van der Waals surface area (Å²) in [5.74, 6) is -1.13. The highest BCUT2D eigenvalue weighted by Crippen LogP contribution is 2.29. The first-order valence-electron chi connectivity index (χ1n) is 8.55. The summed E-state index contributed by atoms with van der Waals surface area (Å²) >= 11 is 7.20. The predicted octanol–water partition coefficient (Wildman–Crippen LogP) is 3.74. The number of hydrogen-bond acceptors (Lipinski definition) is 6. The molecule has 10 heteroatoms. The fourth-order valence-electron chi connectivity index (χ4n) is 2.57. The molecule has 3 aromatic rings. The summed E-state index contributed by atoms with van der Waals surface area (Å²) in [7, 11) is 0.00409. The molecule has 0 saturated heterocycles. The number of amides is 1. The number of rotatable bonds is 7. The molecule has 1 amide bonds. The fraction of sp³-hybridized carbons (Fsp3) is 0.263. The lowest BCUT2D eigenvalue weighted by Crippen LogP contribution is -2.40. The molecule has 0 spiro atoms. The van der Waals surface area contributed by atoms with E-state index in [1.54, 1.807) is 0 Å². The van der Waals surface area contributed by atoms with Gasteiger partial charge in [0.15, 0.2) is 15.0 Å². The lowest BCUT2D eigenvalue weighted by atomic mass is 10.3. The minimum absolute atomic E-state index is 0. The summed E-state index contributed by atoms with van der Waals surface area (Å²) in [5.41, 5.74) is 0.783. The predicted molar refractivity (Wildman–Crippen MR) is 121 cm³/mol. The zero-order valence-electron chi connectivity index (χ0n) is 15.9. The van der Waals surface area contributed by atoms with Gasteiger partial charge in [0.05, 0.1) is 15.1 Å². The van der Waals surface area contributed by atoms with Gasteiger partial charge in [0, 0.05) is 18.1 Å². The monoisotopic (exact) mass is 473 g/mol. The minimum Gasteiger partial charge on any atom is -0.308 e. The fourth-order valence-corrected chi connectivity index (χ4v) is 4.90. The van der Waals surface area contributed by atoms with Crippen molar-refractivity contribution in [2.75, 3.05) is 37.8 Å². The van der Waals surface area contributed by atoms with Crippen molar-refractivity contribution in [3.8, 4) is 0 Å². The third-order valence-electron chi connectivity index (χ3n) is 4.07. The molecular weight excluding hydrogens is 453 g/mol. The van der Waals surface area contributed by atoms with Crippen LogP contribution in [0.25, 0.3) is 10.2 Å². The molecule has 1 heterocycles. The Hall–Kier alpha value is -1.71. The van der Waals surface area contributed by atoms with Gasteiger partial charge in [0.2, 0.25) is 5.91 Å². The molecule has 0 aliphatic heterocycles. The summed E-state index contributed by atoms with van der Waals surface area (Å²) in [6.45, 7) is 0.935. The number of hydrogen-bond donors (Lipinski definition) is 0. The van der Waals surface area contributed by atoms with Crippen LogP contribution in [0.1, 0.15) is 0 Å². The molecule has 0 aliphatic rings. The van der Waals surface area contributed by atoms with Crippen LogP contribution in [0, 0.1) is 0 Å². The van der Waals surface area contributed by atoms with Gasteiger partial charge in [-0.1, -0.05) is 35.1 Å². The van der Waals surface area contributed by atoms with Crippen LogP contribution in [0.15, 0.2) is 53.4 Å². The quantitative estimate of drug-likeness (QED) is 0.522. The maximum absolute atomic E-state index is 13.0. The smallest absolute Gasteiger partial charge is 0.244 e. The number of nitrogens with zero attached hydrogens (tertiary/aromatic N) is 3. The van der Waals surface area contributed by atoms with Crippen molar-refractivity contribution in [1.82, 2.24) is 9.88 Å². The van der Waals surface area contributed by atoms with E-state index in [-0.39, 0.29) is 17.3 Å². The number of fused-ring (bicyclic) bond motifs is 1. The second-order valence-electron chi connectivity index (χ2n) is 6.53. The third kappa shape index (κ3) is 5.90. The molecule has 0 bridgehead atoms. The van der Waals surface area contributed by atoms with Crippen molar-refractivity contribution in [3.63, 3.8) is 0 Å². The molecule has 0 N–H and O–H groups in total. The van der Waals surface area contributed by atoms with Crippen molar-refractivity contribution in [2.45, 2.75) is 4.90 Å². The molecule has 156 valence electrons. The molecule has 0 saturated carbocycles. The van der Waals surface area contributed by atoms with Gasteiger partial charge in [0.25, 0.3) is 0 Å². The van der Waals surface area contributed by atoms with Gasteiger partial charge >= 0.3 is 0 Å². The van der Waals surface area contributed by atoms with Gasteiger partial charge in [-0.2, -0.15) is 0 Å². The molecule has 29 heavy (non-hydrogen) atoms. The van der Waals surface area contributed by atoms with Gasteiger partial charge in [-0.15, -0.1) is 12.4 Å². The van der Waals surface area contributed by atoms with E-state index in [9.17, 15) is 13.2 Å². The first-order valence-corrected chi connectivity index (χ1v) is 11.4. The number of thiazole rings is 1. The zero-order valence-corrected chi connectivity index (χ0v) is 19.1. The van der Waals surface area contributed by atoms with Gasteiger partial charge in [-0.05, 0) is 50.5 Å². The summed E-state index contributed by atoms with van der Waals surface area (Å²) < 4.78 is 26.3. The minimum atomic E-state index is -3.78. The Morgan fingerprint density at radius 1 is 1.07 bits per heavy atom. The van der Waals surface area contributed by atoms with Crippen molar-refractivity contribution in [1.29, 1.82) is 0 Å². The summed E-state index contributed by atoms with van der Waals surface area (Å²) in [4.78, 5) is 20.9. The van der Waals surface area contributed by atoms with Gasteiger partial charge in [0.1, 0.15) is 5.75 Å². The van der Waals surface area contributed by atoms with E-state index in [2.05, 4.69) is 4.98 Å². The standard InChI is InChI=1S/C19H20ClN3O3S2.ClH/c1-22(2)11-12-23(19-21-16-5-3-4-6-17(16)27-19)18(24)13-28(25,26)15-9-7-14(20)8-10-15;/h3-10H,11-13H2,1-2H3;1H. The average molecular weight is 474 g/mol. The van der Waals surface area contributed by atoms with Crippen LogP contribution in [-0.2, 0) is 14.6 Å². The van der Waals surface area contributed by atoms with E-state index in [0.29, 0.717) is 23.2 Å². The number of benzene rings is 2. The van der Waals surface area contributed by atoms with E-state index < -0.39 is 21.5 Å². The molecule has 0 atom stereocenters. The second-order valence-corrected chi connectivity index (χ2v) is 9.96. The molecule has 0 unspecified atom stereocenters. The lowest BCUT2D eigenvalue weighted by molar-refractivity contribution is -0.116. The van der Waals surface area contributed by atoms with Gasteiger partial charge in [-0.3, -0.25) is 9.69 Å². The molecular formula is C19H21Cl2N3O3S2. The first kappa shape index (κ1) is 23.6. The van der Waals surface area contributed by atoms with Gasteiger partial charge in [-0.25, -0.2) is 13.4 Å². The lowest BCUT2D eigenvalue weighted by Gasteiger charge is -2.22. The Morgan fingerprint density at radius 2 is 1.72 bits per heavy atom. The molecule has 3 rings (SSSR count). The van der Waals surface area contributed by atoms with Crippen molar-refractivity contribution < 1.29 is 13.2 Å². The normalized spacial score (nSPS) is 11.4. The van der Waals surface area contributed by atoms with Crippen LogP contribution >= 0.6 is 35.3 Å². The Kier molecular flexibility index (Phi) is 8.02. The number of carbonyl (C=O) groups is 1. The molecule has 0 radical (unpaired) electrons. The van der Waals surface area contributed by atoms with E-state index in [0.717, 1.165) is 10.2 Å².